The number of aromatic carboxylic acids is 1. The molecule has 0 bridgehead atoms. The molecule has 1 amide bonds. The largest absolute Gasteiger partial charge is 0.476 e. The van der Waals surface area contributed by atoms with Crippen LogP contribution in [0.3, 0.4) is 0 Å². The van der Waals surface area contributed by atoms with E-state index in [-0.39, 0.29) is 23.6 Å². The van der Waals surface area contributed by atoms with Gasteiger partial charge in [-0.25, -0.2) is 9.78 Å². The molecule has 0 spiro atoms. The molecule has 1 aromatic carbocycles. The van der Waals surface area contributed by atoms with Gasteiger partial charge in [0.05, 0.1) is 12.0 Å². The molecule has 0 atom stereocenters. The van der Waals surface area contributed by atoms with Gasteiger partial charge in [-0.3, -0.25) is 4.79 Å². The zero-order chi connectivity index (χ0) is 16.3. The highest BCUT2D eigenvalue weighted by Crippen LogP contribution is 2.44. The lowest BCUT2D eigenvalue weighted by molar-refractivity contribution is -0.136. The Balaban J connectivity index is 1.62. The summed E-state index contributed by atoms with van der Waals surface area (Å²) in [6, 6.07) is 10.0. The number of carboxylic acids is 1. The number of carboxylic acid groups (broad SMARTS) is 1. The van der Waals surface area contributed by atoms with Crippen molar-refractivity contribution in [3.63, 3.8) is 0 Å². The van der Waals surface area contributed by atoms with E-state index in [0.717, 1.165) is 25.7 Å². The summed E-state index contributed by atoms with van der Waals surface area (Å²) in [6.07, 6.45) is 3.61. The highest BCUT2D eigenvalue weighted by atomic mass is 32.1. The number of nitrogens with zero attached hydrogens (tertiary/aromatic N) is 1. The van der Waals surface area contributed by atoms with Crippen LogP contribution in [0.1, 0.15) is 40.3 Å². The maximum absolute atomic E-state index is 12.6. The van der Waals surface area contributed by atoms with Crippen LogP contribution in [0.25, 0.3) is 0 Å². The fourth-order valence-electron chi connectivity index (χ4n) is 2.91. The van der Waals surface area contributed by atoms with Gasteiger partial charge in [0.15, 0.2) is 5.69 Å². The summed E-state index contributed by atoms with van der Waals surface area (Å²) in [7, 11) is 0. The third-order valence-corrected chi connectivity index (χ3v) is 5.20. The third kappa shape index (κ3) is 3.42. The first-order chi connectivity index (χ1) is 11.1. The molecule has 5 nitrogen and oxygen atoms in total. The Labute approximate surface area is 138 Å². The molecule has 0 aliphatic heterocycles. The summed E-state index contributed by atoms with van der Waals surface area (Å²) in [5.41, 5.74) is 0.875. The van der Waals surface area contributed by atoms with Crippen molar-refractivity contribution in [2.24, 2.45) is 5.41 Å². The quantitative estimate of drug-likeness (QED) is 0.853. The van der Waals surface area contributed by atoms with Crippen LogP contribution in [-0.2, 0) is 17.8 Å². The van der Waals surface area contributed by atoms with Gasteiger partial charge in [0.25, 0.3) is 0 Å². The van der Waals surface area contributed by atoms with Crippen LogP contribution in [0, 0.1) is 5.41 Å². The lowest BCUT2D eigenvalue weighted by atomic mass is 9.64. The molecule has 120 valence electrons. The van der Waals surface area contributed by atoms with Gasteiger partial charge >= 0.3 is 5.97 Å². The molecule has 0 unspecified atom stereocenters. The summed E-state index contributed by atoms with van der Waals surface area (Å²) < 4.78 is 0. The number of benzene rings is 1. The van der Waals surface area contributed by atoms with Crippen molar-refractivity contribution in [2.45, 2.75) is 32.2 Å². The molecule has 3 rings (SSSR count). The van der Waals surface area contributed by atoms with Crippen molar-refractivity contribution in [1.82, 2.24) is 10.3 Å². The van der Waals surface area contributed by atoms with Crippen LogP contribution in [0.15, 0.2) is 35.7 Å². The first kappa shape index (κ1) is 15.7. The van der Waals surface area contributed by atoms with Crippen LogP contribution < -0.4 is 5.32 Å². The third-order valence-electron chi connectivity index (χ3n) is 4.35. The van der Waals surface area contributed by atoms with Crippen molar-refractivity contribution in [2.75, 3.05) is 0 Å². The van der Waals surface area contributed by atoms with Crippen molar-refractivity contribution < 1.29 is 14.7 Å². The minimum atomic E-state index is -1.04. The molecule has 1 aliphatic rings. The van der Waals surface area contributed by atoms with E-state index in [4.69, 9.17) is 5.11 Å². The SMILES string of the molecule is O=C(O)c1csc(CNC(=O)C2(Cc3ccccc3)CCC2)n1. The van der Waals surface area contributed by atoms with E-state index in [9.17, 15) is 9.59 Å². The zero-order valence-electron chi connectivity index (χ0n) is 12.6. The minimum Gasteiger partial charge on any atom is -0.476 e. The fourth-order valence-corrected chi connectivity index (χ4v) is 3.62. The first-order valence-electron chi connectivity index (χ1n) is 7.59. The summed E-state index contributed by atoms with van der Waals surface area (Å²) in [4.78, 5) is 27.4. The van der Waals surface area contributed by atoms with Gasteiger partial charge in [-0.05, 0) is 24.8 Å². The fraction of sp³-hybridized carbons (Fsp3) is 0.353. The summed E-state index contributed by atoms with van der Waals surface area (Å²) in [5.74, 6) is -1.00. The van der Waals surface area contributed by atoms with Crippen molar-refractivity contribution in [3.8, 4) is 0 Å². The lowest BCUT2D eigenvalue weighted by Gasteiger charge is -2.40. The number of nitrogens with one attached hydrogen (secondary N) is 1. The van der Waals surface area contributed by atoms with E-state index in [1.54, 1.807) is 0 Å². The van der Waals surface area contributed by atoms with E-state index in [1.165, 1.54) is 22.3 Å². The lowest BCUT2D eigenvalue weighted by Crippen LogP contribution is -2.46. The number of hydrogen-bond donors (Lipinski definition) is 2. The van der Waals surface area contributed by atoms with Gasteiger partial charge in [0, 0.05) is 5.38 Å². The molecule has 0 radical (unpaired) electrons. The van der Waals surface area contributed by atoms with Gasteiger partial charge in [-0.2, -0.15) is 0 Å². The Morgan fingerprint density at radius 3 is 2.57 bits per heavy atom. The van der Waals surface area contributed by atoms with Crippen molar-refractivity contribution >= 4 is 23.2 Å². The van der Waals surface area contributed by atoms with Crippen molar-refractivity contribution in [3.05, 3.63) is 52.0 Å². The normalized spacial score (nSPS) is 15.7. The van der Waals surface area contributed by atoms with Crippen LogP contribution >= 0.6 is 11.3 Å². The number of carbonyl (C=O) groups excluding carboxylic acids is 1. The number of hydrogen-bond acceptors (Lipinski definition) is 4. The summed E-state index contributed by atoms with van der Waals surface area (Å²) >= 11 is 1.25. The summed E-state index contributed by atoms with van der Waals surface area (Å²) in [5, 5.41) is 13.9. The Morgan fingerprint density at radius 2 is 2.00 bits per heavy atom. The number of rotatable bonds is 6. The Morgan fingerprint density at radius 1 is 1.26 bits per heavy atom. The van der Waals surface area contributed by atoms with Crippen LogP contribution in [0.4, 0.5) is 0 Å². The maximum Gasteiger partial charge on any atom is 0.355 e. The molecular weight excluding hydrogens is 312 g/mol. The monoisotopic (exact) mass is 330 g/mol. The molecule has 2 aromatic rings. The Bertz CT molecular complexity index is 708. The molecule has 1 aliphatic carbocycles. The smallest absolute Gasteiger partial charge is 0.355 e. The predicted octanol–water partition coefficient (Wildman–Crippen LogP) is 2.87. The molecule has 1 aromatic heterocycles. The van der Waals surface area contributed by atoms with Crippen LogP contribution in [-0.4, -0.2) is 22.0 Å². The molecular formula is C17H18N2O3S. The van der Waals surface area contributed by atoms with Gasteiger partial charge < -0.3 is 10.4 Å². The molecule has 23 heavy (non-hydrogen) atoms. The van der Waals surface area contributed by atoms with E-state index >= 15 is 0 Å². The second-order valence-corrected chi connectivity index (χ2v) is 6.85. The van der Waals surface area contributed by atoms with E-state index in [2.05, 4.69) is 10.3 Å². The van der Waals surface area contributed by atoms with E-state index in [1.807, 2.05) is 30.3 Å². The van der Waals surface area contributed by atoms with Gasteiger partial charge in [0.1, 0.15) is 5.01 Å². The van der Waals surface area contributed by atoms with Crippen LogP contribution in [0.2, 0.25) is 0 Å². The first-order valence-corrected chi connectivity index (χ1v) is 8.47. The molecule has 1 fully saturated rings. The second-order valence-electron chi connectivity index (χ2n) is 5.91. The predicted molar refractivity (Wildman–Crippen MR) is 87.4 cm³/mol. The highest BCUT2D eigenvalue weighted by Gasteiger charge is 2.43. The number of carbonyl (C=O) groups is 2. The van der Waals surface area contributed by atoms with Gasteiger partial charge in [-0.1, -0.05) is 36.8 Å². The van der Waals surface area contributed by atoms with E-state index < -0.39 is 5.97 Å². The highest BCUT2D eigenvalue weighted by molar-refractivity contribution is 7.09. The molecule has 2 N–H and O–H groups in total. The molecule has 1 heterocycles. The number of aromatic nitrogens is 1. The minimum absolute atomic E-state index is 0.0295. The van der Waals surface area contributed by atoms with Crippen LogP contribution in [0.5, 0.6) is 0 Å². The zero-order valence-corrected chi connectivity index (χ0v) is 13.4. The summed E-state index contributed by atoms with van der Waals surface area (Å²) in [6.45, 7) is 0.285. The Hall–Kier alpha value is -2.21. The number of thiazole rings is 1. The van der Waals surface area contributed by atoms with Crippen molar-refractivity contribution in [1.29, 1.82) is 0 Å². The maximum atomic E-state index is 12.6. The second kappa shape index (κ2) is 6.50. The van der Waals surface area contributed by atoms with Gasteiger partial charge in [-0.15, -0.1) is 11.3 Å². The average Bonchev–Trinajstić information content (AvgIpc) is 2.99. The average molecular weight is 330 g/mol. The molecule has 1 saturated carbocycles. The standard InChI is InChI=1S/C17H18N2O3S/c20-15(21)13-11-23-14(19-13)10-18-16(22)17(7-4-8-17)9-12-5-2-1-3-6-12/h1-3,5-6,11H,4,7-10H2,(H,18,22)(H,20,21). The Kier molecular flexibility index (Phi) is 4.43. The van der Waals surface area contributed by atoms with Gasteiger partial charge in [0.2, 0.25) is 5.91 Å². The molecule has 0 saturated heterocycles. The molecule has 6 heteroatoms. The topological polar surface area (TPSA) is 79.3 Å². The number of amides is 1. The van der Waals surface area contributed by atoms with E-state index in [0.29, 0.717) is 5.01 Å².